The fraction of sp³-hybridized carbons (Fsp3) is 0.412. The number of fused-ring (bicyclic) bond motifs is 1. The van der Waals surface area contributed by atoms with Crippen LogP contribution in [0.25, 0.3) is 10.8 Å². The molecule has 2 aromatic carbocycles. The third kappa shape index (κ3) is 2.96. The molecule has 0 atom stereocenters. The molecule has 2 nitrogen and oxygen atoms in total. The summed E-state index contributed by atoms with van der Waals surface area (Å²) in [6.07, 6.45) is 3.90. The number of benzene rings is 2. The minimum atomic E-state index is -0.114. The van der Waals surface area contributed by atoms with Gasteiger partial charge in [0.25, 0.3) is 0 Å². The lowest BCUT2D eigenvalue weighted by atomic mass is 9.95. The predicted octanol–water partition coefficient (Wildman–Crippen LogP) is 3.66. The van der Waals surface area contributed by atoms with Crippen molar-refractivity contribution in [2.24, 2.45) is 0 Å². The van der Waals surface area contributed by atoms with Crippen LogP contribution in [0, 0.1) is 0 Å². The third-order valence-electron chi connectivity index (χ3n) is 4.00. The monoisotopic (exact) mass is 256 g/mol. The van der Waals surface area contributed by atoms with Gasteiger partial charge in [0.05, 0.1) is 18.8 Å². The topological polar surface area (TPSA) is 29.5 Å². The van der Waals surface area contributed by atoms with Crippen molar-refractivity contribution >= 4 is 10.8 Å². The van der Waals surface area contributed by atoms with Gasteiger partial charge in [-0.05, 0) is 42.0 Å². The molecule has 100 valence electrons. The van der Waals surface area contributed by atoms with Crippen LogP contribution in [0.1, 0.15) is 31.2 Å². The van der Waals surface area contributed by atoms with Gasteiger partial charge in [0.1, 0.15) is 0 Å². The number of rotatable bonds is 3. The second kappa shape index (κ2) is 5.72. The second-order valence-corrected chi connectivity index (χ2v) is 5.38. The molecule has 19 heavy (non-hydrogen) atoms. The summed E-state index contributed by atoms with van der Waals surface area (Å²) >= 11 is 0. The predicted molar refractivity (Wildman–Crippen MR) is 77.0 cm³/mol. The smallest absolute Gasteiger partial charge is 0.0726 e. The highest BCUT2D eigenvalue weighted by Gasteiger charge is 2.19. The van der Waals surface area contributed by atoms with Crippen LogP contribution in [-0.4, -0.2) is 17.3 Å². The van der Waals surface area contributed by atoms with Crippen molar-refractivity contribution in [3.05, 3.63) is 48.0 Å². The summed E-state index contributed by atoms with van der Waals surface area (Å²) < 4.78 is 6.01. The van der Waals surface area contributed by atoms with Gasteiger partial charge >= 0.3 is 0 Å². The summed E-state index contributed by atoms with van der Waals surface area (Å²) in [5.41, 5.74) is 1.25. The first kappa shape index (κ1) is 12.6. The molecular formula is C17H20O2. The van der Waals surface area contributed by atoms with E-state index in [9.17, 15) is 5.11 Å². The first-order valence-corrected chi connectivity index (χ1v) is 7.09. The molecule has 1 aliphatic carbocycles. The van der Waals surface area contributed by atoms with Crippen molar-refractivity contribution in [1.82, 2.24) is 0 Å². The quantitative estimate of drug-likeness (QED) is 0.908. The molecule has 1 aliphatic rings. The minimum absolute atomic E-state index is 0.114. The summed E-state index contributed by atoms with van der Waals surface area (Å²) in [4.78, 5) is 0. The van der Waals surface area contributed by atoms with Gasteiger partial charge in [0, 0.05) is 0 Å². The Morgan fingerprint density at radius 2 is 1.68 bits per heavy atom. The largest absolute Gasteiger partial charge is 0.393 e. The standard InChI is InChI=1S/C17H20O2/c18-15-8-10-16(11-9-15)19-12-14-6-3-5-13-4-1-2-7-17(13)14/h1-7,15-16,18H,8-12H2. The summed E-state index contributed by atoms with van der Waals surface area (Å²) in [7, 11) is 0. The summed E-state index contributed by atoms with van der Waals surface area (Å²) in [6, 6.07) is 14.8. The van der Waals surface area contributed by atoms with Gasteiger partial charge in [-0.15, -0.1) is 0 Å². The van der Waals surface area contributed by atoms with Crippen LogP contribution in [0.15, 0.2) is 42.5 Å². The summed E-state index contributed by atoms with van der Waals surface area (Å²) in [5, 5.41) is 12.0. The number of ether oxygens (including phenoxy) is 1. The van der Waals surface area contributed by atoms with Crippen LogP contribution >= 0.6 is 0 Å². The first-order chi connectivity index (χ1) is 9.33. The van der Waals surface area contributed by atoms with Gasteiger partial charge in [-0.25, -0.2) is 0 Å². The molecule has 0 saturated heterocycles. The number of aliphatic hydroxyl groups excluding tert-OH is 1. The third-order valence-corrected chi connectivity index (χ3v) is 4.00. The molecule has 2 aromatic rings. The maximum Gasteiger partial charge on any atom is 0.0726 e. The van der Waals surface area contributed by atoms with Crippen molar-refractivity contribution < 1.29 is 9.84 Å². The molecule has 1 N–H and O–H groups in total. The van der Waals surface area contributed by atoms with Crippen LogP contribution < -0.4 is 0 Å². The number of aliphatic hydroxyl groups is 1. The van der Waals surface area contributed by atoms with Crippen LogP contribution in [-0.2, 0) is 11.3 Å². The fourth-order valence-electron chi connectivity index (χ4n) is 2.84. The Labute approximate surface area is 114 Å². The molecule has 0 unspecified atom stereocenters. The Hall–Kier alpha value is -1.38. The number of hydrogen-bond donors (Lipinski definition) is 1. The molecule has 0 spiro atoms. The zero-order valence-corrected chi connectivity index (χ0v) is 11.1. The van der Waals surface area contributed by atoms with Gasteiger partial charge in [-0.2, -0.15) is 0 Å². The lowest BCUT2D eigenvalue weighted by Gasteiger charge is -2.25. The Morgan fingerprint density at radius 1 is 0.947 bits per heavy atom. The van der Waals surface area contributed by atoms with E-state index >= 15 is 0 Å². The Balaban J connectivity index is 1.68. The van der Waals surface area contributed by atoms with Crippen LogP contribution in [0.4, 0.5) is 0 Å². The van der Waals surface area contributed by atoms with E-state index in [0.717, 1.165) is 25.7 Å². The van der Waals surface area contributed by atoms with Gasteiger partial charge in [-0.3, -0.25) is 0 Å². The van der Waals surface area contributed by atoms with Crippen molar-refractivity contribution in [3.8, 4) is 0 Å². The van der Waals surface area contributed by atoms with Crippen LogP contribution in [0.2, 0.25) is 0 Å². The van der Waals surface area contributed by atoms with E-state index < -0.39 is 0 Å². The molecular weight excluding hydrogens is 236 g/mol. The highest BCUT2D eigenvalue weighted by Crippen LogP contribution is 2.24. The Bertz CT molecular complexity index is 536. The second-order valence-electron chi connectivity index (χ2n) is 5.38. The van der Waals surface area contributed by atoms with E-state index in [4.69, 9.17) is 4.74 Å². The van der Waals surface area contributed by atoms with E-state index in [2.05, 4.69) is 42.5 Å². The molecule has 0 radical (unpaired) electrons. The summed E-state index contributed by atoms with van der Waals surface area (Å²) in [5.74, 6) is 0. The lowest BCUT2D eigenvalue weighted by molar-refractivity contribution is -0.0114. The van der Waals surface area contributed by atoms with Crippen LogP contribution in [0.5, 0.6) is 0 Å². The maximum absolute atomic E-state index is 9.50. The van der Waals surface area contributed by atoms with Gasteiger partial charge < -0.3 is 9.84 Å². The fourth-order valence-corrected chi connectivity index (χ4v) is 2.84. The Kier molecular flexibility index (Phi) is 3.81. The average Bonchev–Trinajstić information content (AvgIpc) is 2.47. The van der Waals surface area contributed by atoms with E-state index in [1.165, 1.54) is 16.3 Å². The first-order valence-electron chi connectivity index (χ1n) is 7.09. The van der Waals surface area contributed by atoms with Crippen molar-refractivity contribution in [1.29, 1.82) is 0 Å². The van der Waals surface area contributed by atoms with Crippen molar-refractivity contribution in [2.75, 3.05) is 0 Å². The zero-order valence-electron chi connectivity index (χ0n) is 11.1. The minimum Gasteiger partial charge on any atom is -0.393 e. The molecule has 0 amide bonds. The molecule has 2 heteroatoms. The van der Waals surface area contributed by atoms with E-state index in [1.807, 2.05) is 0 Å². The molecule has 3 rings (SSSR count). The molecule has 1 saturated carbocycles. The van der Waals surface area contributed by atoms with Gasteiger partial charge in [-0.1, -0.05) is 42.5 Å². The van der Waals surface area contributed by atoms with Crippen molar-refractivity contribution in [3.63, 3.8) is 0 Å². The van der Waals surface area contributed by atoms with Crippen LogP contribution in [0.3, 0.4) is 0 Å². The molecule has 0 heterocycles. The molecule has 0 bridgehead atoms. The van der Waals surface area contributed by atoms with Crippen molar-refractivity contribution in [2.45, 2.75) is 44.5 Å². The van der Waals surface area contributed by atoms with E-state index in [1.54, 1.807) is 0 Å². The summed E-state index contributed by atoms with van der Waals surface area (Å²) in [6.45, 7) is 0.669. The maximum atomic E-state index is 9.50. The van der Waals surface area contributed by atoms with Gasteiger partial charge in [0.2, 0.25) is 0 Å². The number of hydrogen-bond acceptors (Lipinski definition) is 2. The SMILES string of the molecule is OC1CCC(OCc2cccc3ccccc23)CC1. The average molecular weight is 256 g/mol. The lowest BCUT2D eigenvalue weighted by Crippen LogP contribution is -2.24. The highest BCUT2D eigenvalue weighted by molar-refractivity contribution is 5.85. The normalized spacial score (nSPS) is 23.6. The molecule has 0 aliphatic heterocycles. The van der Waals surface area contributed by atoms with E-state index in [0.29, 0.717) is 12.7 Å². The highest BCUT2D eigenvalue weighted by atomic mass is 16.5. The molecule has 0 aromatic heterocycles. The zero-order chi connectivity index (χ0) is 13.1. The van der Waals surface area contributed by atoms with E-state index in [-0.39, 0.29) is 6.10 Å². The Morgan fingerprint density at radius 3 is 2.53 bits per heavy atom. The van der Waals surface area contributed by atoms with Gasteiger partial charge in [0.15, 0.2) is 0 Å². The molecule has 1 fully saturated rings.